The van der Waals surface area contributed by atoms with Crippen molar-refractivity contribution in [3.8, 4) is 0 Å². The van der Waals surface area contributed by atoms with Gasteiger partial charge in [0, 0.05) is 12.3 Å². The molecule has 4 heteroatoms. The van der Waals surface area contributed by atoms with Crippen LogP contribution in [-0.2, 0) is 4.79 Å². The highest BCUT2D eigenvalue weighted by molar-refractivity contribution is 6.14. The van der Waals surface area contributed by atoms with Crippen LogP contribution in [0.3, 0.4) is 0 Å². The number of aliphatic hydroxyl groups excluding tert-OH is 2. The quantitative estimate of drug-likeness (QED) is 0.485. The third-order valence-electron chi connectivity index (χ3n) is 1.23. The van der Waals surface area contributed by atoms with Gasteiger partial charge >= 0.3 is 0 Å². The average molecular weight is 141 g/mol. The number of hydrogen-bond donors (Lipinski definition) is 2. The van der Waals surface area contributed by atoms with E-state index in [4.69, 9.17) is 10.2 Å². The maximum absolute atomic E-state index is 10.6. The van der Waals surface area contributed by atoms with Gasteiger partial charge in [-0.3, -0.25) is 9.79 Å². The fraction of sp³-hybridized carbons (Fsp3) is 0.333. The Morgan fingerprint density at radius 3 is 2.90 bits per heavy atom. The maximum atomic E-state index is 10.6. The third kappa shape index (κ3) is 1.12. The Morgan fingerprint density at radius 2 is 2.40 bits per heavy atom. The number of carbonyl (C=O) groups excluding carboxylic acids is 1. The molecule has 0 bridgehead atoms. The molecule has 0 aromatic carbocycles. The van der Waals surface area contributed by atoms with Gasteiger partial charge < -0.3 is 10.2 Å². The number of aliphatic imine (C=N–C) groups is 1. The van der Waals surface area contributed by atoms with Crippen LogP contribution in [0.1, 0.15) is 0 Å². The first-order valence-corrected chi connectivity index (χ1v) is 2.81. The van der Waals surface area contributed by atoms with Crippen LogP contribution in [0.15, 0.2) is 17.3 Å². The predicted molar refractivity (Wildman–Crippen MR) is 34.7 cm³/mol. The lowest BCUT2D eigenvalue weighted by atomic mass is 10.1. The van der Waals surface area contributed by atoms with E-state index in [2.05, 4.69) is 4.99 Å². The van der Waals surface area contributed by atoms with Crippen molar-refractivity contribution in [2.45, 2.75) is 6.10 Å². The highest BCUT2D eigenvalue weighted by Crippen LogP contribution is 1.99. The summed E-state index contributed by atoms with van der Waals surface area (Å²) in [6.45, 7) is -0.378. The number of hydrogen-bond acceptors (Lipinski definition) is 4. The van der Waals surface area contributed by atoms with E-state index in [0.717, 1.165) is 0 Å². The Bertz CT molecular complexity index is 207. The predicted octanol–water partition coefficient (Wildman–Crippen LogP) is -1.12. The Kier molecular flexibility index (Phi) is 1.94. The molecular weight excluding hydrogens is 134 g/mol. The second kappa shape index (κ2) is 2.72. The van der Waals surface area contributed by atoms with Gasteiger partial charge in [0.25, 0.3) is 0 Å². The molecule has 54 valence electrons. The lowest BCUT2D eigenvalue weighted by Crippen LogP contribution is -2.32. The molecule has 0 saturated heterocycles. The highest BCUT2D eigenvalue weighted by atomic mass is 16.3. The maximum Gasteiger partial charge on any atom is 0.191 e. The molecule has 1 aliphatic rings. The normalized spacial score (nSPS) is 24.8. The topological polar surface area (TPSA) is 69.9 Å². The van der Waals surface area contributed by atoms with Crippen molar-refractivity contribution in [3.05, 3.63) is 12.3 Å². The fourth-order valence-electron chi connectivity index (χ4n) is 0.660. The van der Waals surface area contributed by atoms with Crippen LogP contribution in [0.4, 0.5) is 0 Å². The van der Waals surface area contributed by atoms with E-state index in [1.54, 1.807) is 0 Å². The van der Waals surface area contributed by atoms with Crippen LogP contribution >= 0.6 is 0 Å². The zero-order chi connectivity index (χ0) is 7.56. The molecule has 1 rings (SSSR count). The minimum Gasteiger partial charge on any atom is -0.390 e. The zero-order valence-electron chi connectivity index (χ0n) is 5.19. The molecule has 10 heavy (non-hydrogen) atoms. The zero-order valence-corrected chi connectivity index (χ0v) is 5.19. The van der Waals surface area contributed by atoms with Gasteiger partial charge in [-0.25, -0.2) is 0 Å². The third-order valence-corrected chi connectivity index (χ3v) is 1.23. The molecule has 0 aromatic rings. The Balaban J connectivity index is 2.81. The molecule has 0 aliphatic carbocycles. The molecule has 0 amide bonds. The van der Waals surface area contributed by atoms with Gasteiger partial charge in [0.05, 0.1) is 12.3 Å². The molecule has 1 atom stereocenters. The summed E-state index contributed by atoms with van der Waals surface area (Å²) in [4.78, 5) is 14.2. The van der Waals surface area contributed by atoms with Gasteiger partial charge in [-0.15, -0.1) is 0 Å². The number of rotatable bonds is 1. The van der Waals surface area contributed by atoms with E-state index >= 15 is 0 Å². The van der Waals surface area contributed by atoms with Crippen molar-refractivity contribution >= 4 is 11.5 Å². The molecule has 1 heterocycles. The summed E-state index contributed by atoms with van der Waals surface area (Å²) in [7, 11) is 0. The number of nitrogens with zero attached hydrogens (tertiary/aromatic N) is 1. The largest absolute Gasteiger partial charge is 0.390 e. The molecule has 1 unspecified atom stereocenters. The summed E-state index contributed by atoms with van der Waals surface area (Å²) >= 11 is 0. The minimum absolute atomic E-state index is 0.104. The van der Waals surface area contributed by atoms with Crippen molar-refractivity contribution in [1.82, 2.24) is 0 Å². The standard InChI is InChI=1S/C6H7NO3/c8-3-4-6(10)5(9)1-2-7-4/h1-2,6,8,10H,3H2. The first-order chi connectivity index (χ1) is 4.75. The second-order valence-corrected chi connectivity index (χ2v) is 1.90. The SMILES string of the molecule is O=C1C=CN=C(CO)C1O. The summed E-state index contributed by atoms with van der Waals surface area (Å²) in [6, 6.07) is 0. The average Bonchev–Trinajstić information content (AvgIpc) is 1.95. The van der Waals surface area contributed by atoms with Crippen molar-refractivity contribution in [3.63, 3.8) is 0 Å². The fourth-order valence-corrected chi connectivity index (χ4v) is 0.660. The Morgan fingerprint density at radius 1 is 1.70 bits per heavy atom. The molecule has 0 aromatic heterocycles. The summed E-state index contributed by atoms with van der Waals surface area (Å²) in [5.74, 6) is -0.431. The molecule has 1 aliphatic heterocycles. The second-order valence-electron chi connectivity index (χ2n) is 1.90. The van der Waals surface area contributed by atoms with Crippen LogP contribution < -0.4 is 0 Å². The van der Waals surface area contributed by atoms with E-state index in [9.17, 15) is 4.79 Å². The first-order valence-electron chi connectivity index (χ1n) is 2.81. The van der Waals surface area contributed by atoms with E-state index in [1.807, 2.05) is 0 Å². The van der Waals surface area contributed by atoms with E-state index < -0.39 is 11.9 Å². The van der Waals surface area contributed by atoms with Gasteiger partial charge in [0.1, 0.15) is 0 Å². The summed E-state index contributed by atoms with van der Waals surface area (Å²) in [5.41, 5.74) is 0.104. The molecule has 0 radical (unpaired) electrons. The van der Waals surface area contributed by atoms with Gasteiger partial charge in [-0.2, -0.15) is 0 Å². The Labute approximate surface area is 57.5 Å². The summed E-state index contributed by atoms with van der Waals surface area (Å²) in [5, 5.41) is 17.4. The summed E-state index contributed by atoms with van der Waals surface area (Å²) < 4.78 is 0. The first kappa shape index (κ1) is 7.11. The number of ketones is 1. The van der Waals surface area contributed by atoms with Crippen molar-refractivity contribution in [2.75, 3.05) is 6.61 Å². The van der Waals surface area contributed by atoms with Crippen LogP contribution in [0, 0.1) is 0 Å². The minimum atomic E-state index is -1.24. The van der Waals surface area contributed by atoms with Crippen molar-refractivity contribution < 1.29 is 15.0 Å². The monoisotopic (exact) mass is 141 g/mol. The molecule has 0 spiro atoms. The molecular formula is C6H7NO3. The van der Waals surface area contributed by atoms with Gasteiger partial charge in [0.15, 0.2) is 11.9 Å². The van der Waals surface area contributed by atoms with Crippen molar-refractivity contribution in [1.29, 1.82) is 0 Å². The van der Waals surface area contributed by atoms with Crippen LogP contribution in [0.5, 0.6) is 0 Å². The van der Waals surface area contributed by atoms with Gasteiger partial charge in [-0.1, -0.05) is 0 Å². The number of carbonyl (C=O) groups is 1. The van der Waals surface area contributed by atoms with Crippen LogP contribution in [0.25, 0.3) is 0 Å². The van der Waals surface area contributed by atoms with Crippen LogP contribution in [0.2, 0.25) is 0 Å². The van der Waals surface area contributed by atoms with Gasteiger partial charge in [-0.05, 0) is 0 Å². The van der Waals surface area contributed by atoms with E-state index in [1.165, 1.54) is 12.3 Å². The Hall–Kier alpha value is -1.00. The molecule has 0 fully saturated rings. The summed E-state index contributed by atoms with van der Waals surface area (Å²) in [6.07, 6.45) is 1.19. The lowest BCUT2D eigenvalue weighted by molar-refractivity contribution is -0.119. The molecule has 2 N–H and O–H groups in total. The smallest absolute Gasteiger partial charge is 0.191 e. The number of aliphatic hydroxyl groups is 2. The van der Waals surface area contributed by atoms with E-state index in [0.29, 0.717) is 0 Å². The van der Waals surface area contributed by atoms with Gasteiger partial charge in [0.2, 0.25) is 0 Å². The highest BCUT2D eigenvalue weighted by Gasteiger charge is 2.20. The molecule has 0 saturated carbocycles. The lowest BCUT2D eigenvalue weighted by Gasteiger charge is -2.10. The van der Waals surface area contributed by atoms with Crippen LogP contribution in [-0.4, -0.2) is 34.4 Å². The molecule has 4 nitrogen and oxygen atoms in total. The van der Waals surface area contributed by atoms with E-state index in [-0.39, 0.29) is 12.3 Å². The van der Waals surface area contributed by atoms with Crippen molar-refractivity contribution in [2.24, 2.45) is 4.99 Å².